The molecule has 0 radical (unpaired) electrons. The van der Waals surface area contributed by atoms with Gasteiger partial charge >= 0.3 is 0 Å². The molecule has 2 heteroatoms. The Bertz CT molecular complexity index is 502. The van der Waals surface area contributed by atoms with Gasteiger partial charge in [0, 0.05) is 38.0 Å². The molecule has 0 aliphatic heterocycles. The molecule has 0 saturated carbocycles. The van der Waals surface area contributed by atoms with Crippen molar-refractivity contribution in [2.24, 2.45) is 0 Å². The molecule has 1 aromatic heterocycles. The Morgan fingerprint density at radius 1 is 0.895 bits per heavy atom. The molecule has 100 valence electrons. The summed E-state index contributed by atoms with van der Waals surface area (Å²) in [4.78, 5) is 5.31. The number of hydrogen-bond donors (Lipinski definition) is 0. The van der Waals surface area contributed by atoms with E-state index in [9.17, 15) is 0 Å². The fraction of sp³-hybridized carbons (Fsp3) is 0.235. The van der Waals surface area contributed by atoms with E-state index >= 15 is 0 Å². The van der Waals surface area contributed by atoms with Crippen molar-refractivity contribution in [3.63, 3.8) is 0 Å². The van der Waals surface area contributed by atoms with Crippen LogP contribution in [-0.2, 0) is 0 Å². The smallest absolute Gasteiger partial charge is 0.203 e. The number of pyridine rings is 1. The number of nitrogens with one attached hydrogen (secondary N) is 1. The van der Waals surface area contributed by atoms with Gasteiger partial charge in [0.2, 0.25) is 5.69 Å². The van der Waals surface area contributed by atoms with Gasteiger partial charge < -0.3 is 4.90 Å². The molecule has 0 amide bonds. The van der Waals surface area contributed by atoms with Gasteiger partial charge in [0.25, 0.3) is 0 Å². The van der Waals surface area contributed by atoms with E-state index in [4.69, 9.17) is 0 Å². The van der Waals surface area contributed by atoms with Crippen LogP contribution in [0.4, 0.5) is 5.69 Å². The number of hydrogen-bond acceptors (Lipinski definition) is 1. The van der Waals surface area contributed by atoms with Crippen LogP contribution in [0.15, 0.2) is 48.7 Å². The fourth-order valence-electron chi connectivity index (χ4n) is 1.73. The van der Waals surface area contributed by atoms with E-state index in [2.05, 4.69) is 66.5 Å². The van der Waals surface area contributed by atoms with Crippen LogP contribution < -0.4 is 9.88 Å². The molecule has 19 heavy (non-hydrogen) atoms. The summed E-state index contributed by atoms with van der Waals surface area (Å²) in [7, 11) is 4.11. The molecule has 0 fully saturated rings. The number of aromatic amines is 1. The maximum atomic E-state index is 3.19. The van der Waals surface area contributed by atoms with Gasteiger partial charge in [-0.2, -0.15) is 0 Å². The molecule has 0 bridgehead atoms. The molecule has 0 aliphatic rings. The van der Waals surface area contributed by atoms with Crippen molar-refractivity contribution in [3.05, 3.63) is 59.9 Å². The third-order valence-corrected chi connectivity index (χ3v) is 2.59. The van der Waals surface area contributed by atoms with E-state index in [-0.39, 0.29) is 0 Å². The standard InChI is InChI=1S/C15H16N2.C2H6/c1-17(2)15-9-4-3-7-13(15)10-11-14-8-5-6-12-16-14;1-2/h3-12H,1-2H3;1-2H3/p+1/b11-10+;. The number of para-hydroxylation sites is 1. The lowest BCUT2D eigenvalue weighted by Gasteiger charge is -2.14. The Morgan fingerprint density at radius 2 is 1.58 bits per heavy atom. The molecule has 1 aromatic carbocycles. The Hall–Kier alpha value is -2.09. The first-order chi connectivity index (χ1) is 9.27. The van der Waals surface area contributed by atoms with E-state index in [1.54, 1.807) is 0 Å². The summed E-state index contributed by atoms with van der Waals surface area (Å²) in [5.74, 6) is 0. The van der Waals surface area contributed by atoms with E-state index in [1.165, 1.54) is 11.3 Å². The highest BCUT2D eigenvalue weighted by atomic mass is 15.1. The fourth-order valence-corrected chi connectivity index (χ4v) is 1.73. The largest absolute Gasteiger partial charge is 0.377 e. The molecule has 0 spiro atoms. The predicted molar refractivity (Wildman–Crippen MR) is 84.0 cm³/mol. The molecule has 0 atom stereocenters. The van der Waals surface area contributed by atoms with Gasteiger partial charge in [0.1, 0.15) is 0 Å². The number of H-pyrrole nitrogens is 1. The van der Waals surface area contributed by atoms with Crippen molar-refractivity contribution >= 4 is 17.8 Å². The molecule has 2 aromatic rings. The maximum absolute atomic E-state index is 3.19. The zero-order valence-electron chi connectivity index (χ0n) is 12.2. The molecule has 1 N–H and O–H groups in total. The predicted octanol–water partition coefficient (Wildman–Crippen LogP) is 3.76. The zero-order chi connectivity index (χ0) is 14.1. The summed E-state index contributed by atoms with van der Waals surface area (Å²) in [5.41, 5.74) is 3.54. The van der Waals surface area contributed by atoms with Crippen LogP contribution in [0.1, 0.15) is 25.1 Å². The monoisotopic (exact) mass is 255 g/mol. The zero-order valence-corrected chi connectivity index (χ0v) is 12.2. The summed E-state index contributed by atoms with van der Waals surface area (Å²) in [6.45, 7) is 4.00. The van der Waals surface area contributed by atoms with Crippen molar-refractivity contribution in [2.75, 3.05) is 19.0 Å². The quantitative estimate of drug-likeness (QED) is 0.816. The minimum Gasteiger partial charge on any atom is -0.377 e. The number of nitrogens with zero attached hydrogens (tertiary/aromatic N) is 1. The van der Waals surface area contributed by atoms with Gasteiger partial charge in [-0.25, -0.2) is 4.98 Å². The summed E-state index contributed by atoms with van der Waals surface area (Å²) < 4.78 is 0. The van der Waals surface area contributed by atoms with Gasteiger partial charge in [-0.3, -0.25) is 0 Å². The first-order valence-electron chi connectivity index (χ1n) is 6.68. The highest BCUT2D eigenvalue weighted by Gasteiger charge is 2.00. The minimum absolute atomic E-state index is 1.10. The second-order valence-corrected chi connectivity index (χ2v) is 4.10. The summed E-state index contributed by atoms with van der Waals surface area (Å²) in [6, 6.07) is 14.4. The van der Waals surface area contributed by atoms with Crippen LogP contribution in [0.3, 0.4) is 0 Å². The molecule has 2 rings (SSSR count). The lowest BCUT2D eigenvalue weighted by atomic mass is 10.1. The Morgan fingerprint density at radius 3 is 2.21 bits per heavy atom. The molecule has 0 aliphatic carbocycles. The Kier molecular flexibility index (Phi) is 6.37. The first kappa shape index (κ1) is 15.0. The van der Waals surface area contributed by atoms with Gasteiger partial charge in [-0.1, -0.05) is 32.0 Å². The summed E-state index contributed by atoms with van der Waals surface area (Å²) >= 11 is 0. The number of benzene rings is 1. The van der Waals surface area contributed by atoms with E-state index < -0.39 is 0 Å². The van der Waals surface area contributed by atoms with Crippen molar-refractivity contribution in [3.8, 4) is 0 Å². The summed E-state index contributed by atoms with van der Waals surface area (Å²) in [6.07, 6.45) is 6.14. The number of anilines is 1. The average molecular weight is 255 g/mol. The van der Waals surface area contributed by atoms with E-state index in [1.807, 2.05) is 32.2 Å². The van der Waals surface area contributed by atoms with E-state index in [0.717, 1.165) is 5.69 Å². The Labute approximate surface area is 116 Å². The van der Waals surface area contributed by atoms with Crippen LogP contribution in [0.25, 0.3) is 12.2 Å². The van der Waals surface area contributed by atoms with Crippen molar-refractivity contribution in [1.29, 1.82) is 0 Å². The highest BCUT2D eigenvalue weighted by molar-refractivity contribution is 5.75. The van der Waals surface area contributed by atoms with E-state index in [0.29, 0.717) is 0 Å². The summed E-state index contributed by atoms with van der Waals surface area (Å²) in [5, 5.41) is 0. The third kappa shape index (κ3) is 4.59. The second kappa shape index (κ2) is 8.09. The maximum Gasteiger partial charge on any atom is 0.203 e. The van der Waals surface area contributed by atoms with Crippen LogP contribution in [0, 0.1) is 0 Å². The molecular weight excluding hydrogens is 232 g/mol. The van der Waals surface area contributed by atoms with Crippen LogP contribution >= 0.6 is 0 Å². The minimum atomic E-state index is 1.10. The molecule has 0 saturated heterocycles. The number of aromatic nitrogens is 1. The van der Waals surface area contributed by atoms with Crippen molar-refractivity contribution in [2.45, 2.75) is 13.8 Å². The Balaban J connectivity index is 0.000000861. The van der Waals surface area contributed by atoms with Gasteiger partial charge in [-0.15, -0.1) is 0 Å². The van der Waals surface area contributed by atoms with Crippen LogP contribution in [0.2, 0.25) is 0 Å². The third-order valence-electron chi connectivity index (χ3n) is 2.59. The van der Waals surface area contributed by atoms with Gasteiger partial charge in [0.15, 0.2) is 6.20 Å². The SMILES string of the molecule is CC.CN(C)c1ccccc1/C=C/c1cccc[nH+]1. The van der Waals surface area contributed by atoms with Gasteiger partial charge in [0.05, 0.1) is 0 Å². The molecular formula is C17H23N2+. The lowest BCUT2D eigenvalue weighted by molar-refractivity contribution is -0.380. The normalized spacial score (nSPS) is 9.89. The first-order valence-corrected chi connectivity index (χ1v) is 6.68. The lowest BCUT2D eigenvalue weighted by Crippen LogP contribution is -2.09. The van der Waals surface area contributed by atoms with Crippen LogP contribution in [-0.4, -0.2) is 14.1 Å². The number of rotatable bonds is 3. The molecule has 2 nitrogen and oxygen atoms in total. The second-order valence-electron chi connectivity index (χ2n) is 4.10. The molecule has 0 unspecified atom stereocenters. The van der Waals surface area contributed by atoms with Gasteiger partial charge in [-0.05, 0) is 23.8 Å². The highest BCUT2D eigenvalue weighted by Crippen LogP contribution is 2.19. The topological polar surface area (TPSA) is 17.4 Å². The average Bonchev–Trinajstić information content (AvgIpc) is 2.48. The van der Waals surface area contributed by atoms with Crippen LogP contribution in [0.5, 0.6) is 0 Å². The molecule has 1 heterocycles. The van der Waals surface area contributed by atoms with Crippen molar-refractivity contribution in [1.82, 2.24) is 0 Å². The van der Waals surface area contributed by atoms with Crippen molar-refractivity contribution < 1.29 is 4.98 Å².